The number of piperazine rings is 1. The fourth-order valence-electron chi connectivity index (χ4n) is 5.44. The number of nitrogens with zero attached hydrogens (tertiary/aromatic N) is 2. The molecule has 1 aliphatic carbocycles. The standard InChI is InChI=1S/C30H36FN3O6/c1-39-24-13-11-20(12-14-24)17-25(30(38)40-2)32-27(35)26-19-33(28(36)22-9-6-10-23(31)18-22)15-16-34(26)29(37)21-7-4-3-5-8-21/h6,9-14,18,21,25-26H,3-5,7-8,15-17,19H2,1-2H3,(H,32,35). The number of halogens is 1. The number of hydrogen-bond donors (Lipinski definition) is 1. The van der Waals surface area contributed by atoms with E-state index < -0.39 is 35.7 Å². The van der Waals surface area contributed by atoms with Crippen LogP contribution in [0.4, 0.5) is 4.39 Å². The third kappa shape index (κ3) is 6.97. The monoisotopic (exact) mass is 553 g/mol. The largest absolute Gasteiger partial charge is 0.497 e. The van der Waals surface area contributed by atoms with Gasteiger partial charge in [0.2, 0.25) is 11.8 Å². The third-order valence-corrected chi connectivity index (χ3v) is 7.68. The maximum absolute atomic E-state index is 13.8. The van der Waals surface area contributed by atoms with E-state index in [2.05, 4.69) is 5.32 Å². The zero-order chi connectivity index (χ0) is 28.6. The summed E-state index contributed by atoms with van der Waals surface area (Å²) in [5.41, 5.74) is 0.941. The molecule has 0 bridgehead atoms. The molecule has 9 nitrogen and oxygen atoms in total. The van der Waals surface area contributed by atoms with Crippen LogP contribution >= 0.6 is 0 Å². The van der Waals surface area contributed by atoms with Gasteiger partial charge in [-0.3, -0.25) is 14.4 Å². The zero-order valence-corrected chi connectivity index (χ0v) is 22.9. The second-order valence-corrected chi connectivity index (χ2v) is 10.3. The number of carbonyl (C=O) groups excluding carboxylic acids is 4. The van der Waals surface area contributed by atoms with E-state index in [1.165, 1.54) is 30.2 Å². The van der Waals surface area contributed by atoms with Gasteiger partial charge in [-0.1, -0.05) is 37.5 Å². The van der Waals surface area contributed by atoms with Crippen molar-refractivity contribution in [2.24, 2.45) is 5.92 Å². The molecule has 1 N–H and O–H groups in total. The molecule has 2 unspecified atom stereocenters. The Bertz CT molecular complexity index is 1210. The third-order valence-electron chi connectivity index (χ3n) is 7.68. The Hall–Kier alpha value is -3.95. The summed E-state index contributed by atoms with van der Waals surface area (Å²) < 4.78 is 24.0. The number of esters is 1. The lowest BCUT2D eigenvalue weighted by molar-refractivity contribution is -0.150. The van der Waals surface area contributed by atoms with E-state index in [9.17, 15) is 23.6 Å². The minimum atomic E-state index is -1.01. The average molecular weight is 554 g/mol. The Balaban J connectivity index is 1.56. The van der Waals surface area contributed by atoms with Gasteiger partial charge in [-0.05, 0) is 48.7 Å². The molecule has 2 aliphatic rings. The van der Waals surface area contributed by atoms with Gasteiger partial charge >= 0.3 is 5.97 Å². The van der Waals surface area contributed by atoms with Gasteiger partial charge in [0.25, 0.3) is 5.91 Å². The number of benzene rings is 2. The molecule has 214 valence electrons. The number of amides is 3. The van der Waals surface area contributed by atoms with E-state index in [0.29, 0.717) is 5.75 Å². The van der Waals surface area contributed by atoms with Gasteiger partial charge in [0, 0.05) is 31.0 Å². The first kappa shape index (κ1) is 29.0. The molecule has 1 heterocycles. The molecule has 2 atom stereocenters. The highest BCUT2D eigenvalue weighted by Crippen LogP contribution is 2.27. The predicted molar refractivity (Wildman–Crippen MR) is 145 cm³/mol. The van der Waals surface area contributed by atoms with Gasteiger partial charge in [0.15, 0.2) is 0 Å². The van der Waals surface area contributed by atoms with Crippen molar-refractivity contribution in [1.82, 2.24) is 15.1 Å². The Morgan fingerprint density at radius 1 is 1.00 bits per heavy atom. The van der Waals surface area contributed by atoms with Crippen molar-refractivity contribution in [3.05, 3.63) is 65.5 Å². The maximum Gasteiger partial charge on any atom is 0.328 e. The summed E-state index contributed by atoms with van der Waals surface area (Å²) in [6, 6.07) is 10.5. The van der Waals surface area contributed by atoms with Crippen LogP contribution in [-0.2, 0) is 25.5 Å². The molecule has 4 rings (SSSR count). The number of ether oxygens (including phenoxy) is 2. The number of hydrogen-bond acceptors (Lipinski definition) is 6. The van der Waals surface area contributed by atoms with Gasteiger partial charge in [-0.25, -0.2) is 9.18 Å². The van der Waals surface area contributed by atoms with Crippen molar-refractivity contribution in [2.75, 3.05) is 33.9 Å². The van der Waals surface area contributed by atoms with Crippen molar-refractivity contribution in [3.8, 4) is 5.75 Å². The lowest BCUT2D eigenvalue weighted by Gasteiger charge is -2.42. The normalized spacial score (nSPS) is 18.5. The molecule has 1 saturated carbocycles. The van der Waals surface area contributed by atoms with Crippen molar-refractivity contribution >= 4 is 23.7 Å². The SMILES string of the molecule is COC(=O)C(Cc1ccc(OC)cc1)NC(=O)C1CN(C(=O)c2cccc(F)c2)CCN1C(=O)C1CCCCC1. The molecule has 0 spiro atoms. The van der Waals surface area contributed by atoms with E-state index in [0.717, 1.165) is 43.7 Å². The lowest BCUT2D eigenvalue weighted by Crippen LogP contribution is -2.63. The summed E-state index contributed by atoms with van der Waals surface area (Å²) in [6.45, 7) is 0.301. The molecule has 2 fully saturated rings. The molecule has 3 amide bonds. The Morgan fingerprint density at radius 3 is 2.38 bits per heavy atom. The fourth-order valence-corrected chi connectivity index (χ4v) is 5.44. The molecular weight excluding hydrogens is 517 g/mol. The summed E-state index contributed by atoms with van der Waals surface area (Å²) >= 11 is 0. The highest BCUT2D eigenvalue weighted by molar-refractivity contribution is 5.96. The summed E-state index contributed by atoms with van der Waals surface area (Å²) in [5.74, 6) is -1.77. The fraction of sp³-hybridized carbons (Fsp3) is 0.467. The quantitative estimate of drug-likeness (QED) is 0.504. The topological polar surface area (TPSA) is 105 Å². The smallest absolute Gasteiger partial charge is 0.328 e. The second kappa shape index (κ2) is 13.4. The second-order valence-electron chi connectivity index (χ2n) is 10.3. The van der Waals surface area contributed by atoms with Crippen molar-refractivity contribution in [3.63, 3.8) is 0 Å². The van der Waals surface area contributed by atoms with E-state index >= 15 is 0 Å². The minimum Gasteiger partial charge on any atom is -0.497 e. The van der Waals surface area contributed by atoms with Crippen LogP contribution in [0, 0.1) is 11.7 Å². The molecule has 40 heavy (non-hydrogen) atoms. The molecule has 10 heteroatoms. The van der Waals surface area contributed by atoms with Gasteiger partial charge in [-0.15, -0.1) is 0 Å². The van der Waals surface area contributed by atoms with Gasteiger partial charge in [0.05, 0.1) is 20.8 Å². The molecule has 1 aliphatic heterocycles. The minimum absolute atomic E-state index is 0.0733. The van der Waals surface area contributed by atoms with Gasteiger partial charge in [-0.2, -0.15) is 0 Å². The first-order valence-electron chi connectivity index (χ1n) is 13.7. The van der Waals surface area contributed by atoms with Gasteiger partial charge in [0.1, 0.15) is 23.7 Å². The van der Waals surface area contributed by atoms with E-state index in [1.807, 2.05) is 0 Å². The van der Waals surface area contributed by atoms with E-state index in [-0.39, 0.29) is 43.4 Å². The highest BCUT2D eigenvalue weighted by atomic mass is 19.1. The summed E-state index contributed by atoms with van der Waals surface area (Å²) in [7, 11) is 2.80. The zero-order valence-electron chi connectivity index (χ0n) is 22.9. The van der Waals surface area contributed by atoms with Crippen molar-refractivity contribution in [2.45, 2.75) is 50.6 Å². The maximum atomic E-state index is 13.8. The number of carbonyl (C=O) groups is 4. The molecule has 0 aromatic heterocycles. The van der Waals surface area contributed by atoms with Crippen LogP contribution in [0.3, 0.4) is 0 Å². The predicted octanol–water partition coefficient (Wildman–Crippen LogP) is 2.97. The summed E-state index contributed by atoms with van der Waals surface area (Å²) in [5, 5.41) is 2.77. The van der Waals surface area contributed by atoms with Crippen LogP contribution in [0.2, 0.25) is 0 Å². The Morgan fingerprint density at radius 2 is 1.73 bits per heavy atom. The summed E-state index contributed by atoms with van der Waals surface area (Å²) in [6.07, 6.45) is 4.68. The molecule has 2 aromatic carbocycles. The Kier molecular flexibility index (Phi) is 9.74. The number of rotatable bonds is 8. The summed E-state index contributed by atoms with van der Waals surface area (Å²) in [4.78, 5) is 56.2. The van der Waals surface area contributed by atoms with E-state index in [1.54, 1.807) is 36.3 Å². The first-order valence-corrected chi connectivity index (χ1v) is 13.7. The van der Waals surface area contributed by atoms with Crippen LogP contribution in [0.25, 0.3) is 0 Å². The molecule has 1 saturated heterocycles. The number of methoxy groups -OCH3 is 2. The van der Waals surface area contributed by atoms with Crippen LogP contribution in [0.5, 0.6) is 5.75 Å². The van der Waals surface area contributed by atoms with Crippen LogP contribution in [0.1, 0.15) is 48.0 Å². The molecular formula is C30H36FN3O6. The average Bonchev–Trinajstić information content (AvgIpc) is 3.00. The molecule has 0 radical (unpaired) electrons. The molecule has 2 aromatic rings. The van der Waals surface area contributed by atoms with Crippen LogP contribution in [0.15, 0.2) is 48.5 Å². The Labute approximate surface area is 233 Å². The van der Waals surface area contributed by atoms with E-state index in [4.69, 9.17) is 9.47 Å². The van der Waals surface area contributed by atoms with Crippen molar-refractivity contribution < 1.29 is 33.0 Å². The van der Waals surface area contributed by atoms with Crippen LogP contribution < -0.4 is 10.1 Å². The lowest BCUT2D eigenvalue weighted by atomic mass is 9.87. The van der Waals surface area contributed by atoms with Gasteiger partial charge < -0.3 is 24.6 Å². The number of nitrogens with one attached hydrogen (secondary N) is 1. The highest BCUT2D eigenvalue weighted by Gasteiger charge is 2.40. The first-order chi connectivity index (χ1) is 19.3. The van der Waals surface area contributed by atoms with Crippen molar-refractivity contribution in [1.29, 1.82) is 0 Å². The van der Waals surface area contributed by atoms with Crippen LogP contribution in [-0.4, -0.2) is 79.4 Å².